The third-order valence-electron chi connectivity index (χ3n) is 9.12. The quantitative estimate of drug-likeness (QED) is 0.0903. The average molecular weight is 563 g/mol. The first-order valence-corrected chi connectivity index (χ1v) is 17.0. The molecule has 1 heteroatoms. The maximum Gasteiger partial charge on any atom is 0.0288 e. The number of hydrogen-bond acceptors (Lipinski definition) is 1. The molecule has 0 aliphatic heterocycles. The Kier molecular flexibility index (Phi) is 15.3. The summed E-state index contributed by atoms with van der Waals surface area (Å²) in [5.74, 6) is 0. The monoisotopic (exact) mass is 563 g/mol. The molecule has 0 fully saturated rings. The summed E-state index contributed by atoms with van der Waals surface area (Å²) in [6, 6.07) is 0. The minimum atomic E-state index is -0.136. The highest BCUT2D eigenvalue weighted by molar-refractivity contribution is 7.82. The maximum atomic E-state index is 5.14. The molecule has 0 aliphatic carbocycles. The first-order valence-electron chi connectivity index (χ1n) is 16.5. The average Bonchev–Trinajstić information content (AvgIpc) is 2.72. The molecule has 0 spiro atoms. The highest BCUT2D eigenvalue weighted by Crippen LogP contribution is 2.53. The van der Waals surface area contributed by atoms with Crippen molar-refractivity contribution < 1.29 is 0 Å². The molecule has 232 valence electrons. The number of unbranched alkanes of at least 4 members (excludes halogenated alkanes) is 5. The van der Waals surface area contributed by atoms with Crippen LogP contribution in [0.2, 0.25) is 0 Å². The van der Waals surface area contributed by atoms with Gasteiger partial charge in [0.1, 0.15) is 0 Å². The highest BCUT2D eigenvalue weighted by atomic mass is 32.1. The van der Waals surface area contributed by atoms with Crippen molar-refractivity contribution in [2.24, 2.45) is 32.5 Å². The van der Waals surface area contributed by atoms with Crippen molar-refractivity contribution in [1.29, 1.82) is 0 Å². The lowest BCUT2D eigenvalue weighted by atomic mass is 9.57. The van der Waals surface area contributed by atoms with Crippen LogP contribution in [0.5, 0.6) is 0 Å². The van der Waals surface area contributed by atoms with Gasteiger partial charge in [0.15, 0.2) is 0 Å². The van der Waals surface area contributed by atoms with Crippen LogP contribution in [0.25, 0.3) is 0 Å². The summed E-state index contributed by atoms with van der Waals surface area (Å²) in [6.45, 7) is 36.1. The van der Waals surface area contributed by atoms with Crippen molar-refractivity contribution in [2.45, 2.75) is 186 Å². The van der Waals surface area contributed by atoms with E-state index in [-0.39, 0.29) is 21.0 Å². The molecule has 0 saturated carbocycles. The van der Waals surface area contributed by atoms with Gasteiger partial charge in [-0.1, -0.05) is 166 Å². The van der Waals surface area contributed by atoms with Gasteiger partial charge in [0.25, 0.3) is 0 Å². The van der Waals surface area contributed by atoms with E-state index in [9.17, 15) is 0 Å². The zero-order valence-electron chi connectivity index (χ0n) is 29.7. The third kappa shape index (κ3) is 16.8. The Labute approximate surface area is 254 Å². The Morgan fingerprint density at radius 1 is 0.462 bits per heavy atom. The fraction of sp³-hybridized carbons (Fsp3) is 0.895. The second kappa shape index (κ2) is 15.3. The topological polar surface area (TPSA) is 0 Å². The minimum absolute atomic E-state index is 0.0845. The summed E-state index contributed by atoms with van der Waals surface area (Å²) in [4.78, 5) is 0. The van der Waals surface area contributed by atoms with Crippen molar-refractivity contribution in [3.63, 3.8) is 0 Å². The second-order valence-corrected chi connectivity index (χ2v) is 18.8. The SMILES string of the molecule is CCCCCCCC(C)(CCCC)C(C)(C)CC(C)(C)/C=C\C(C)(C)CC(C)(S)/C=C\C(C)(C)CC(C)(C)C. The number of hydrogen-bond donors (Lipinski definition) is 1. The van der Waals surface area contributed by atoms with Crippen LogP contribution in [0.15, 0.2) is 24.3 Å². The van der Waals surface area contributed by atoms with E-state index >= 15 is 0 Å². The van der Waals surface area contributed by atoms with Crippen molar-refractivity contribution in [3.05, 3.63) is 24.3 Å². The Morgan fingerprint density at radius 3 is 1.36 bits per heavy atom. The minimum Gasteiger partial charge on any atom is -0.169 e. The predicted octanol–water partition coefficient (Wildman–Crippen LogP) is 13.7. The third-order valence-corrected chi connectivity index (χ3v) is 9.43. The van der Waals surface area contributed by atoms with Crippen molar-refractivity contribution in [1.82, 2.24) is 0 Å². The summed E-state index contributed by atoms with van der Waals surface area (Å²) in [5, 5.41) is 0. The second-order valence-electron chi connectivity index (χ2n) is 17.8. The van der Waals surface area contributed by atoms with Crippen LogP contribution in [0.3, 0.4) is 0 Å². The van der Waals surface area contributed by atoms with E-state index in [0.717, 1.165) is 6.42 Å². The lowest BCUT2D eigenvalue weighted by molar-refractivity contribution is 0.0281. The molecule has 0 amide bonds. The van der Waals surface area contributed by atoms with Gasteiger partial charge in [0, 0.05) is 4.75 Å². The molecular weight excluding hydrogens is 488 g/mol. The van der Waals surface area contributed by atoms with Crippen LogP contribution in [0.1, 0.15) is 181 Å². The van der Waals surface area contributed by atoms with Gasteiger partial charge in [-0.15, -0.1) is 0 Å². The smallest absolute Gasteiger partial charge is 0.0288 e. The van der Waals surface area contributed by atoms with Gasteiger partial charge in [-0.2, -0.15) is 12.6 Å². The molecule has 0 aromatic rings. The van der Waals surface area contributed by atoms with E-state index < -0.39 is 0 Å². The van der Waals surface area contributed by atoms with Gasteiger partial charge in [-0.05, 0) is 71.5 Å². The zero-order chi connectivity index (χ0) is 30.8. The molecule has 2 unspecified atom stereocenters. The molecule has 0 bridgehead atoms. The van der Waals surface area contributed by atoms with E-state index in [1.807, 2.05) is 0 Å². The van der Waals surface area contributed by atoms with Gasteiger partial charge in [-0.3, -0.25) is 0 Å². The van der Waals surface area contributed by atoms with Crippen molar-refractivity contribution in [3.8, 4) is 0 Å². The van der Waals surface area contributed by atoms with Crippen LogP contribution in [-0.4, -0.2) is 4.75 Å². The van der Waals surface area contributed by atoms with Crippen LogP contribution >= 0.6 is 12.6 Å². The van der Waals surface area contributed by atoms with Gasteiger partial charge < -0.3 is 0 Å². The first-order chi connectivity index (χ1) is 17.4. The van der Waals surface area contributed by atoms with Crippen molar-refractivity contribution in [2.75, 3.05) is 0 Å². The fourth-order valence-corrected chi connectivity index (χ4v) is 7.70. The molecule has 0 N–H and O–H groups in total. The Hall–Kier alpha value is -0.170. The van der Waals surface area contributed by atoms with Crippen LogP contribution < -0.4 is 0 Å². The van der Waals surface area contributed by atoms with Crippen LogP contribution in [0.4, 0.5) is 0 Å². The molecule has 0 saturated heterocycles. The lowest BCUT2D eigenvalue weighted by Gasteiger charge is -2.48. The summed E-state index contributed by atoms with van der Waals surface area (Å²) in [7, 11) is 0. The van der Waals surface area contributed by atoms with E-state index in [4.69, 9.17) is 12.6 Å². The van der Waals surface area contributed by atoms with Crippen LogP contribution in [-0.2, 0) is 0 Å². The molecule has 39 heavy (non-hydrogen) atoms. The van der Waals surface area contributed by atoms with Gasteiger partial charge in [0.2, 0.25) is 0 Å². The Morgan fingerprint density at radius 2 is 0.872 bits per heavy atom. The summed E-state index contributed by atoms with van der Waals surface area (Å²) in [6.07, 6.45) is 25.5. The molecular formula is C38H74S. The molecule has 0 radical (unpaired) electrons. The summed E-state index contributed by atoms with van der Waals surface area (Å²) < 4.78 is -0.136. The van der Waals surface area contributed by atoms with Gasteiger partial charge in [0.05, 0.1) is 0 Å². The highest BCUT2D eigenvalue weighted by Gasteiger charge is 2.42. The van der Waals surface area contributed by atoms with E-state index in [2.05, 4.69) is 128 Å². The summed E-state index contributed by atoms with van der Waals surface area (Å²) in [5.41, 5.74) is 1.43. The number of thiol groups is 1. The zero-order valence-corrected chi connectivity index (χ0v) is 30.6. The maximum absolute atomic E-state index is 5.14. The summed E-state index contributed by atoms with van der Waals surface area (Å²) >= 11 is 5.14. The molecule has 0 aromatic carbocycles. The van der Waals surface area contributed by atoms with Crippen LogP contribution in [0, 0.1) is 32.5 Å². The molecule has 2 atom stereocenters. The number of allylic oxidation sites excluding steroid dienone is 3. The molecule has 0 aromatic heterocycles. The van der Waals surface area contributed by atoms with E-state index in [1.165, 1.54) is 70.6 Å². The normalized spacial score (nSPS) is 17.6. The Balaban J connectivity index is 5.54. The standard InChI is InChI=1S/C38H74S/c1-16-18-20-21-22-24-37(14,23-19-17-2)36(12,13)30-34(8,9)25-26-35(10,11)31-38(15,39)28-27-33(6,7)29-32(3,4)5/h25-28,39H,16-24,29-31H2,1-15H3/b26-25-,28-27-. The largest absolute Gasteiger partial charge is 0.169 e. The molecule has 0 rings (SSSR count). The van der Waals surface area contributed by atoms with Crippen molar-refractivity contribution >= 4 is 12.6 Å². The fourth-order valence-electron chi connectivity index (χ4n) is 7.22. The van der Waals surface area contributed by atoms with Gasteiger partial charge >= 0.3 is 0 Å². The van der Waals surface area contributed by atoms with E-state index in [1.54, 1.807) is 0 Å². The van der Waals surface area contributed by atoms with E-state index in [0.29, 0.717) is 16.2 Å². The predicted molar refractivity (Wildman–Crippen MR) is 185 cm³/mol. The molecule has 0 aliphatic rings. The van der Waals surface area contributed by atoms with Gasteiger partial charge in [-0.25, -0.2) is 0 Å². The Bertz CT molecular complexity index is 737. The first kappa shape index (κ1) is 38.8. The number of rotatable bonds is 19. The molecule has 0 heterocycles. The lowest BCUT2D eigenvalue weighted by Crippen LogP contribution is -2.38. The molecule has 0 nitrogen and oxygen atoms in total.